The molecule has 3 nitrogen and oxygen atoms in total. The lowest BCUT2D eigenvalue weighted by Crippen LogP contribution is -2.14. The second-order valence-corrected chi connectivity index (χ2v) is 8.41. The van der Waals surface area contributed by atoms with Crippen LogP contribution in [-0.4, -0.2) is 24.8 Å². The van der Waals surface area contributed by atoms with E-state index in [0.29, 0.717) is 5.75 Å². The van der Waals surface area contributed by atoms with Crippen molar-refractivity contribution < 1.29 is 17.9 Å². The maximum atomic E-state index is 13.8. The van der Waals surface area contributed by atoms with Crippen LogP contribution in [0, 0.1) is 13.8 Å². The Morgan fingerprint density at radius 2 is 1.74 bits per heavy atom. The van der Waals surface area contributed by atoms with Gasteiger partial charge >= 0.3 is 6.18 Å². The van der Waals surface area contributed by atoms with E-state index in [-0.39, 0.29) is 11.7 Å². The number of nitrogens with zero attached hydrogens (tertiary/aromatic N) is 2. The van der Waals surface area contributed by atoms with Crippen LogP contribution in [0.5, 0.6) is 11.5 Å². The van der Waals surface area contributed by atoms with E-state index < -0.39 is 11.7 Å². The molecule has 0 aliphatic heterocycles. The molecule has 0 amide bonds. The zero-order chi connectivity index (χ0) is 22.6. The van der Waals surface area contributed by atoms with Gasteiger partial charge in [0.05, 0.1) is 17.6 Å². The molecule has 0 aromatic heterocycles. The molecule has 0 N–H and O–H groups in total. The monoisotopic (exact) mass is 432 g/mol. The van der Waals surface area contributed by atoms with Gasteiger partial charge in [-0.05, 0) is 80.5 Å². The second kappa shape index (κ2) is 9.75. The van der Waals surface area contributed by atoms with Crippen molar-refractivity contribution in [2.24, 2.45) is 4.99 Å². The van der Waals surface area contributed by atoms with Gasteiger partial charge < -0.3 is 9.64 Å². The molecule has 31 heavy (non-hydrogen) atoms. The van der Waals surface area contributed by atoms with Crippen LogP contribution in [0.25, 0.3) is 0 Å². The number of alkyl halides is 3. The molecule has 0 saturated heterocycles. The molecule has 3 rings (SSSR count). The van der Waals surface area contributed by atoms with Gasteiger partial charge in [0, 0.05) is 13.6 Å². The summed E-state index contributed by atoms with van der Waals surface area (Å²) in [5, 5.41) is 0. The minimum atomic E-state index is -4.47. The van der Waals surface area contributed by atoms with E-state index in [2.05, 4.69) is 4.99 Å². The third kappa shape index (κ3) is 5.81. The van der Waals surface area contributed by atoms with Crippen molar-refractivity contribution in [3.63, 3.8) is 0 Å². The minimum Gasteiger partial charge on any atom is -0.456 e. The van der Waals surface area contributed by atoms with Crippen LogP contribution in [0.2, 0.25) is 0 Å². The van der Waals surface area contributed by atoms with Crippen molar-refractivity contribution in [2.75, 3.05) is 13.6 Å². The van der Waals surface area contributed by atoms with Gasteiger partial charge in [0.2, 0.25) is 0 Å². The highest BCUT2D eigenvalue weighted by Gasteiger charge is 2.35. The first kappa shape index (κ1) is 23.2. The zero-order valence-corrected chi connectivity index (χ0v) is 18.7. The van der Waals surface area contributed by atoms with Crippen LogP contribution in [0.15, 0.2) is 35.3 Å². The quantitative estimate of drug-likeness (QED) is 0.344. The van der Waals surface area contributed by atoms with Crippen LogP contribution in [0.4, 0.5) is 18.9 Å². The van der Waals surface area contributed by atoms with Gasteiger partial charge in [-0.15, -0.1) is 0 Å². The van der Waals surface area contributed by atoms with Crippen LogP contribution in [0.3, 0.4) is 0 Å². The zero-order valence-electron chi connectivity index (χ0n) is 18.7. The Balaban J connectivity index is 1.91. The predicted octanol–water partition coefficient (Wildman–Crippen LogP) is 7.77. The largest absolute Gasteiger partial charge is 0.456 e. The second-order valence-electron chi connectivity index (χ2n) is 8.41. The Labute approximate surface area is 182 Å². The molecule has 168 valence electrons. The smallest absolute Gasteiger partial charge is 0.419 e. The standard InChI is InChI=1S/C25H31F3N2O/c1-5-30(4)16-29-22-13-18(3)24(14-17(22)2)31-23-12-11-20(15-21(23)25(26,27)28)19-9-7-6-8-10-19/h11-16,19H,5-10H2,1-4H3. The van der Waals surface area contributed by atoms with Crippen LogP contribution in [-0.2, 0) is 6.18 Å². The Bertz CT molecular complexity index is 931. The summed E-state index contributed by atoms with van der Waals surface area (Å²) in [4.78, 5) is 6.42. The Hall–Kier alpha value is -2.50. The van der Waals surface area contributed by atoms with Crippen molar-refractivity contribution in [2.45, 2.75) is 65.0 Å². The molecule has 1 aliphatic rings. The van der Waals surface area contributed by atoms with Crippen molar-refractivity contribution >= 4 is 12.0 Å². The van der Waals surface area contributed by atoms with Gasteiger partial charge in [0.15, 0.2) is 0 Å². The summed E-state index contributed by atoms with van der Waals surface area (Å²) >= 11 is 0. The summed E-state index contributed by atoms with van der Waals surface area (Å²) in [5.74, 6) is 0.457. The average molecular weight is 433 g/mol. The van der Waals surface area contributed by atoms with Gasteiger partial charge in [0.1, 0.15) is 11.5 Å². The molecule has 6 heteroatoms. The van der Waals surface area contributed by atoms with Crippen molar-refractivity contribution in [1.82, 2.24) is 4.90 Å². The minimum absolute atomic E-state index is 0.156. The normalized spacial score (nSPS) is 15.5. The number of benzene rings is 2. The first-order chi connectivity index (χ1) is 14.7. The number of hydrogen-bond acceptors (Lipinski definition) is 2. The number of ether oxygens (including phenoxy) is 1. The molecular formula is C25H31F3N2O. The molecule has 2 aromatic rings. The Kier molecular flexibility index (Phi) is 7.29. The molecule has 0 radical (unpaired) electrons. The fraction of sp³-hybridized carbons (Fsp3) is 0.480. The van der Waals surface area contributed by atoms with Gasteiger partial charge in [-0.3, -0.25) is 0 Å². The number of aliphatic imine (C=N–C) groups is 1. The number of aryl methyl sites for hydroxylation is 2. The maximum Gasteiger partial charge on any atom is 0.419 e. The molecule has 1 aliphatic carbocycles. The molecule has 0 bridgehead atoms. The van der Waals surface area contributed by atoms with E-state index in [1.807, 2.05) is 38.8 Å². The van der Waals surface area contributed by atoms with Crippen molar-refractivity contribution in [1.29, 1.82) is 0 Å². The first-order valence-electron chi connectivity index (χ1n) is 10.9. The fourth-order valence-electron chi connectivity index (χ4n) is 3.93. The number of rotatable bonds is 6. The predicted molar refractivity (Wildman–Crippen MR) is 120 cm³/mol. The first-order valence-corrected chi connectivity index (χ1v) is 10.9. The Morgan fingerprint density at radius 1 is 1.03 bits per heavy atom. The highest BCUT2D eigenvalue weighted by molar-refractivity contribution is 5.64. The van der Waals surface area contributed by atoms with Crippen LogP contribution >= 0.6 is 0 Å². The molecule has 0 unspecified atom stereocenters. The van der Waals surface area contributed by atoms with E-state index in [4.69, 9.17) is 4.74 Å². The average Bonchev–Trinajstić information content (AvgIpc) is 2.75. The van der Waals surface area contributed by atoms with E-state index in [1.165, 1.54) is 12.1 Å². The van der Waals surface area contributed by atoms with E-state index >= 15 is 0 Å². The van der Waals surface area contributed by atoms with Gasteiger partial charge in [-0.1, -0.05) is 25.3 Å². The third-order valence-electron chi connectivity index (χ3n) is 5.99. The summed E-state index contributed by atoms with van der Waals surface area (Å²) in [6.07, 6.45) is 2.48. The fourth-order valence-corrected chi connectivity index (χ4v) is 3.93. The van der Waals surface area contributed by atoms with Gasteiger partial charge in [-0.2, -0.15) is 13.2 Å². The van der Waals surface area contributed by atoms with E-state index in [9.17, 15) is 13.2 Å². The van der Waals surface area contributed by atoms with Crippen LogP contribution in [0.1, 0.15) is 67.2 Å². The molecule has 0 heterocycles. The summed E-state index contributed by atoms with van der Waals surface area (Å²) in [6.45, 7) is 6.56. The highest BCUT2D eigenvalue weighted by Crippen LogP contribution is 2.43. The van der Waals surface area contributed by atoms with E-state index in [1.54, 1.807) is 18.5 Å². The molecule has 2 aromatic carbocycles. The van der Waals surface area contributed by atoms with Gasteiger partial charge in [0.25, 0.3) is 0 Å². The molecular weight excluding hydrogens is 401 g/mol. The molecule has 1 saturated carbocycles. The summed E-state index contributed by atoms with van der Waals surface area (Å²) in [6, 6.07) is 8.15. The molecule has 0 atom stereocenters. The van der Waals surface area contributed by atoms with Crippen LogP contribution < -0.4 is 4.74 Å². The molecule has 0 spiro atoms. The van der Waals surface area contributed by atoms with E-state index in [0.717, 1.165) is 61.0 Å². The highest BCUT2D eigenvalue weighted by atomic mass is 19.4. The number of halogens is 3. The molecule has 1 fully saturated rings. The van der Waals surface area contributed by atoms with Crippen molar-refractivity contribution in [3.8, 4) is 11.5 Å². The lowest BCUT2D eigenvalue weighted by molar-refractivity contribution is -0.138. The summed E-state index contributed by atoms with van der Waals surface area (Å²) < 4.78 is 47.4. The topological polar surface area (TPSA) is 24.8 Å². The lowest BCUT2D eigenvalue weighted by atomic mass is 9.83. The summed E-state index contributed by atoms with van der Waals surface area (Å²) in [7, 11) is 1.93. The lowest BCUT2D eigenvalue weighted by Gasteiger charge is -2.24. The van der Waals surface area contributed by atoms with Crippen molar-refractivity contribution in [3.05, 3.63) is 52.6 Å². The third-order valence-corrected chi connectivity index (χ3v) is 5.99. The summed E-state index contributed by atoms with van der Waals surface area (Å²) in [5.41, 5.74) is 2.40. The van der Waals surface area contributed by atoms with Gasteiger partial charge in [-0.25, -0.2) is 4.99 Å². The maximum absolute atomic E-state index is 13.8. The SMILES string of the molecule is CCN(C)C=Nc1cc(C)c(Oc2ccc(C3CCCCC3)cc2C(F)(F)F)cc1C. The number of hydrogen-bond donors (Lipinski definition) is 0. The Morgan fingerprint density at radius 3 is 2.39 bits per heavy atom.